The average molecular weight is 332 g/mol. The van der Waals surface area contributed by atoms with Gasteiger partial charge in [-0.3, -0.25) is 4.90 Å². The first kappa shape index (κ1) is 18.7. The number of nitrogens with one attached hydrogen (secondary N) is 2. The van der Waals surface area contributed by atoms with E-state index in [2.05, 4.69) is 58.6 Å². The van der Waals surface area contributed by atoms with E-state index in [0.717, 1.165) is 51.9 Å². The number of hydrogen-bond donors (Lipinski definition) is 2. The molecule has 0 unspecified atom stereocenters. The quantitative estimate of drug-likeness (QED) is 0.436. The zero-order valence-corrected chi connectivity index (χ0v) is 15.2. The van der Waals surface area contributed by atoms with Crippen LogP contribution in [0.4, 0.5) is 0 Å². The zero-order valence-electron chi connectivity index (χ0n) is 15.2. The Balaban J connectivity index is 1.83. The number of guanidine groups is 1. The van der Waals surface area contributed by atoms with Gasteiger partial charge in [0, 0.05) is 32.7 Å². The van der Waals surface area contributed by atoms with Crippen LogP contribution in [0.2, 0.25) is 0 Å². The molecule has 24 heavy (non-hydrogen) atoms. The summed E-state index contributed by atoms with van der Waals surface area (Å²) in [5.74, 6) is 0.906. The lowest BCUT2D eigenvalue weighted by Crippen LogP contribution is -2.37. The van der Waals surface area contributed by atoms with Crippen LogP contribution in [0.1, 0.15) is 37.8 Å². The Morgan fingerprint density at radius 3 is 2.46 bits per heavy atom. The molecule has 2 rings (SSSR count). The molecule has 0 bridgehead atoms. The summed E-state index contributed by atoms with van der Waals surface area (Å²) in [7, 11) is 0. The molecule has 0 aliphatic carbocycles. The van der Waals surface area contributed by atoms with Crippen LogP contribution in [0.3, 0.4) is 0 Å². The molecule has 0 radical (unpaired) electrons. The Labute approximate surface area is 146 Å². The maximum atomic E-state index is 5.40. The highest BCUT2D eigenvalue weighted by atomic mass is 16.5. The van der Waals surface area contributed by atoms with Crippen molar-refractivity contribution in [3.8, 4) is 0 Å². The summed E-state index contributed by atoms with van der Waals surface area (Å²) >= 11 is 0. The highest BCUT2D eigenvalue weighted by Gasteiger charge is 2.10. The van der Waals surface area contributed by atoms with Gasteiger partial charge in [0.05, 0.1) is 19.8 Å². The molecule has 1 heterocycles. The van der Waals surface area contributed by atoms with Crippen LogP contribution in [-0.4, -0.2) is 50.3 Å². The van der Waals surface area contributed by atoms with Crippen molar-refractivity contribution in [3.05, 3.63) is 35.4 Å². The molecule has 2 N–H and O–H groups in total. The van der Waals surface area contributed by atoms with Gasteiger partial charge >= 0.3 is 0 Å². The van der Waals surface area contributed by atoms with E-state index >= 15 is 0 Å². The monoisotopic (exact) mass is 332 g/mol. The fourth-order valence-electron chi connectivity index (χ4n) is 2.66. The number of morpholine rings is 1. The standard InChI is InChI=1S/C19H32N4O/c1-3-5-10-21-19(20-4-2)22-15-17-6-8-18(9-7-17)16-23-11-13-24-14-12-23/h6-9H,3-5,10-16H2,1-2H3,(H2,20,21,22). The van der Waals surface area contributed by atoms with E-state index in [1.807, 2.05) is 0 Å². The maximum Gasteiger partial charge on any atom is 0.191 e. The van der Waals surface area contributed by atoms with E-state index in [1.54, 1.807) is 0 Å². The van der Waals surface area contributed by atoms with Gasteiger partial charge < -0.3 is 15.4 Å². The van der Waals surface area contributed by atoms with Gasteiger partial charge in [-0.1, -0.05) is 37.6 Å². The van der Waals surface area contributed by atoms with E-state index in [4.69, 9.17) is 4.74 Å². The minimum atomic E-state index is 0.708. The number of hydrogen-bond acceptors (Lipinski definition) is 3. The van der Waals surface area contributed by atoms with Crippen molar-refractivity contribution in [1.29, 1.82) is 0 Å². The fraction of sp³-hybridized carbons (Fsp3) is 0.632. The van der Waals surface area contributed by atoms with E-state index in [0.29, 0.717) is 6.54 Å². The van der Waals surface area contributed by atoms with E-state index in [1.165, 1.54) is 24.0 Å². The molecule has 5 heteroatoms. The molecule has 1 saturated heterocycles. The Hall–Kier alpha value is -1.59. The molecule has 1 aromatic carbocycles. The molecule has 1 aromatic rings. The SMILES string of the molecule is CCCCNC(=NCc1ccc(CN2CCOCC2)cc1)NCC. The van der Waals surface area contributed by atoms with E-state index in [9.17, 15) is 0 Å². The van der Waals surface area contributed by atoms with E-state index in [-0.39, 0.29) is 0 Å². The third kappa shape index (κ3) is 6.89. The topological polar surface area (TPSA) is 48.9 Å². The van der Waals surface area contributed by atoms with Gasteiger partial charge in [0.2, 0.25) is 0 Å². The second kappa shape index (κ2) is 11.0. The van der Waals surface area contributed by atoms with Crippen LogP contribution in [0.25, 0.3) is 0 Å². The first-order valence-corrected chi connectivity index (χ1v) is 9.22. The van der Waals surface area contributed by atoms with Gasteiger partial charge in [-0.15, -0.1) is 0 Å². The molecule has 0 amide bonds. The molecular weight excluding hydrogens is 300 g/mol. The lowest BCUT2D eigenvalue weighted by Gasteiger charge is -2.26. The van der Waals surface area contributed by atoms with Crippen molar-refractivity contribution in [1.82, 2.24) is 15.5 Å². The summed E-state index contributed by atoms with van der Waals surface area (Å²) in [6.45, 7) is 11.6. The summed E-state index contributed by atoms with van der Waals surface area (Å²) in [5.41, 5.74) is 2.60. The molecule has 0 spiro atoms. The minimum Gasteiger partial charge on any atom is -0.379 e. The average Bonchev–Trinajstić information content (AvgIpc) is 2.62. The van der Waals surface area contributed by atoms with Gasteiger partial charge in [-0.25, -0.2) is 4.99 Å². The van der Waals surface area contributed by atoms with Crippen LogP contribution in [0.15, 0.2) is 29.3 Å². The number of nitrogens with zero attached hydrogens (tertiary/aromatic N) is 2. The van der Waals surface area contributed by atoms with Crippen molar-refractivity contribution in [2.24, 2.45) is 4.99 Å². The van der Waals surface area contributed by atoms with Crippen LogP contribution in [0, 0.1) is 0 Å². The normalized spacial score (nSPS) is 16.2. The highest BCUT2D eigenvalue weighted by molar-refractivity contribution is 5.79. The number of unbranched alkanes of at least 4 members (excludes halogenated alkanes) is 1. The second-order valence-electron chi connectivity index (χ2n) is 6.18. The predicted molar refractivity (Wildman–Crippen MR) is 100 cm³/mol. The van der Waals surface area contributed by atoms with E-state index < -0.39 is 0 Å². The largest absolute Gasteiger partial charge is 0.379 e. The van der Waals surface area contributed by atoms with Gasteiger partial charge in [-0.05, 0) is 24.5 Å². The Kier molecular flexibility index (Phi) is 8.63. The first-order chi connectivity index (χ1) is 11.8. The maximum absolute atomic E-state index is 5.40. The Bertz CT molecular complexity index is 481. The zero-order chi connectivity index (χ0) is 17.0. The van der Waals surface area contributed by atoms with Crippen molar-refractivity contribution < 1.29 is 4.74 Å². The highest BCUT2D eigenvalue weighted by Crippen LogP contribution is 2.10. The molecule has 0 atom stereocenters. The molecular formula is C19H32N4O. The fourth-order valence-corrected chi connectivity index (χ4v) is 2.66. The van der Waals surface area contributed by atoms with Crippen LogP contribution < -0.4 is 10.6 Å². The van der Waals surface area contributed by atoms with Gasteiger partial charge in [-0.2, -0.15) is 0 Å². The molecule has 5 nitrogen and oxygen atoms in total. The third-order valence-electron chi connectivity index (χ3n) is 4.12. The second-order valence-corrected chi connectivity index (χ2v) is 6.18. The number of rotatable bonds is 8. The Morgan fingerprint density at radius 1 is 1.08 bits per heavy atom. The number of benzene rings is 1. The molecule has 0 saturated carbocycles. The first-order valence-electron chi connectivity index (χ1n) is 9.22. The molecule has 1 fully saturated rings. The van der Waals surface area contributed by atoms with Crippen molar-refractivity contribution in [2.75, 3.05) is 39.4 Å². The summed E-state index contributed by atoms with van der Waals surface area (Å²) in [6, 6.07) is 8.82. The van der Waals surface area contributed by atoms with Crippen LogP contribution >= 0.6 is 0 Å². The molecule has 0 aromatic heterocycles. The Morgan fingerprint density at radius 2 is 1.79 bits per heavy atom. The van der Waals surface area contributed by atoms with Gasteiger partial charge in [0.1, 0.15) is 0 Å². The van der Waals surface area contributed by atoms with Crippen molar-refractivity contribution >= 4 is 5.96 Å². The van der Waals surface area contributed by atoms with Crippen molar-refractivity contribution in [3.63, 3.8) is 0 Å². The minimum absolute atomic E-state index is 0.708. The smallest absolute Gasteiger partial charge is 0.191 e. The van der Waals surface area contributed by atoms with Gasteiger partial charge in [0.25, 0.3) is 0 Å². The summed E-state index contributed by atoms with van der Waals surface area (Å²) in [6.07, 6.45) is 2.36. The predicted octanol–water partition coefficient (Wildman–Crippen LogP) is 2.37. The summed E-state index contributed by atoms with van der Waals surface area (Å²) < 4.78 is 5.40. The summed E-state index contributed by atoms with van der Waals surface area (Å²) in [5, 5.41) is 6.68. The van der Waals surface area contributed by atoms with Crippen molar-refractivity contribution in [2.45, 2.75) is 39.8 Å². The van der Waals surface area contributed by atoms with Crippen LogP contribution in [0.5, 0.6) is 0 Å². The number of aliphatic imine (C=N–C) groups is 1. The van der Waals surface area contributed by atoms with Gasteiger partial charge in [0.15, 0.2) is 5.96 Å². The molecule has 1 aliphatic rings. The van der Waals surface area contributed by atoms with Crippen LogP contribution in [-0.2, 0) is 17.8 Å². The number of ether oxygens (including phenoxy) is 1. The lowest BCUT2D eigenvalue weighted by atomic mass is 10.1. The molecule has 134 valence electrons. The molecule has 1 aliphatic heterocycles. The summed E-state index contributed by atoms with van der Waals surface area (Å²) in [4.78, 5) is 7.11. The third-order valence-corrected chi connectivity index (χ3v) is 4.12. The lowest BCUT2D eigenvalue weighted by molar-refractivity contribution is 0.0342.